The summed E-state index contributed by atoms with van der Waals surface area (Å²) >= 11 is 3.30. The van der Waals surface area contributed by atoms with Crippen LogP contribution in [0.25, 0.3) is 11.0 Å². The van der Waals surface area contributed by atoms with Gasteiger partial charge in [-0.15, -0.1) is 0 Å². The van der Waals surface area contributed by atoms with Gasteiger partial charge in [-0.2, -0.15) is 5.10 Å². The first kappa shape index (κ1) is 15.9. The van der Waals surface area contributed by atoms with Gasteiger partial charge in [0.2, 0.25) is 0 Å². The van der Waals surface area contributed by atoms with Gasteiger partial charge in [-0.1, -0.05) is 6.07 Å². The molecule has 0 atom stereocenters. The summed E-state index contributed by atoms with van der Waals surface area (Å²) in [6.45, 7) is 3.76. The van der Waals surface area contributed by atoms with E-state index >= 15 is 0 Å². The number of benzene rings is 1. The van der Waals surface area contributed by atoms with E-state index in [0.717, 1.165) is 16.6 Å². The summed E-state index contributed by atoms with van der Waals surface area (Å²) in [5, 5.41) is 5.09. The fourth-order valence-corrected chi connectivity index (χ4v) is 4.62. The number of nitrogens with zero attached hydrogens (tertiary/aromatic N) is 3. The van der Waals surface area contributed by atoms with Gasteiger partial charge < -0.3 is 0 Å². The van der Waals surface area contributed by atoms with Crippen molar-refractivity contribution < 1.29 is 8.42 Å². The summed E-state index contributed by atoms with van der Waals surface area (Å²) in [4.78, 5) is 4.46. The molecular formula is C15H15BrN4O2S. The molecule has 0 aliphatic carbocycles. The molecule has 3 aromatic rings. The second kappa shape index (κ2) is 5.61. The number of hydrogen-bond donors (Lipinski definition) is 1. The van der Waals surface area contributed by atoms with Crippen molar-refractivity contribution in [3.8, 4) is 0 Å². The normalized spacial score (nSPS) is 11.8. The lowest BCUT2D eigenvalue weighted by atomic mass is 10.2. The molecule has 3 rings (SSSR count). The monoisotopic (exact) mass is 394 g/mol. The molecule has 0 unspecified atom stereocenters. The lowest BCUT2D eigenvalue weighted by molar-refractivity contribution is 0.600. The zero-order chi connectivity index (χ0) is 16.8. The fourth-order valence-electron chi connectivity index (χ4n) is 2.40. The smallest absolute Gasteiger partial charge is 0.263 e. The zero-order valence-electron chi connectivity index (χ0n) is 12.8. The lowest BCUT2D eigenvalue weighted by Gasteiger charge is -2.10. The van der Waals surface area contributed by atoms with Crippen molar-refractivity contribution in [1.82, 2.24) is 14.8 Å². The van der Waals surface area contributed by atoms with Gasteiger partial charge >= 0.3 is 0 Å². The van der Waals surface area contributed by atoms with Gasteiger partial charge in [-0.3, -0.25) is 9.40 Å². The van der Waals surface area contributed by atoms with Gasteiger partial charge in [0, 0.05) is 16.9 Å². The molecule has 8 heteroatoms. The highest BCUT2D eigenvalue weighted by Crippen LogP contribution is 2.26. The molecule has 23 heavy (non-hydrogen) atoms. The Labute approximate surface area is 142 Å². The summed E-state index contributed by atoms with van der Waals surface area (Å²) in [7, 11) is -1.90. The number of rotatable bonds is 3. The van der Waals surface area contributed by atoms with E-state index in [1.807, 2.05) is 13.8 Å². The van der Waals surface area contributed by atoms with E-state index in [9.17, 15) is 8.42 Å². The largest absolute Gasteiger partial charge is 0.278 e. The molecule has 0 spiro atoms. The zero-order valence-corrected chi connectivity index (χ0v) is 15.2. The van der Waals surface area contributed by atoms with Crippen LogP contribution in [0, 0.1) is 13.8 Å². The Morgan fingerprint density at radius 3 is 2.65 bits per heavy atom. The molecule has 0 amide bonds. The van der Waals surface area contributed by atoms with Gasteiger partial charge in [-0.05, 0) is 53.5 Å². The van der Waals surface area contributed by atoms with Gasteiger partial charge in [0.25, 0.3) is 10.0 Å². The third-order valence-corrected chi connectivity index (χ3v) is 5.85. The van der Waals surface area contributed by atoms with Crippen molar-refractivity contribution in [3.63, 3.8) is 0 Å². The molecule has 0 bridgehead atoms. The highest BCUT2D eigenvalue weighted by molar-refractivity contribution is 9.10. The maximum atomic E-state index is 12.6. The molecule has 6 nitrogen and oxygen atoms in total. The summed E-state index contributed by atoms with van der Waals surface area (Å²) < 4.78 is 29.9. The number of nitrogens with one attached hydrogen (secondary N) is 1. The molecule has 1 aromatic carbocycles. The molecule has 2 aromatic heterocycles. The summed E-state index contributed by atoms with van der Waals surface area (Å²) in [6, 6.07) is 6.83. The Balaban J connectivity index is 2.02. The van der Waals surface area contributed by atoms with Crippen molar-refractivity contribution in [3.05, 3.63) is 46.2 Å². The Kier molecular flexibility index (Phi) is 3.89. The van der Waals surface area contributed by atoms with Gasteiger partial charge in [0.15, 0.2) is 5.65 Å². The van der Waals surface area contributed by atoms with Crippen LogP contribution in [0.5, 0.6) is 0 Å². The van der Waals surface area contributed by atoms with Gasteiger partial charge in [-0.25, -0.2) is 13.4 Å². The average Bonchev–Trinajstić information content (AvgIpc) is 2.72. The van der Waals surface area contributed by atoms with Crippen LogP contribution in [0.15, 0.2) is 39.8 Å². The number of sulfonamides is 1. The third kappa shape index (κ3) is 2.96. The number of aryl methyl sites for hydroxylation is 3. The Morgan fingerprint density at radius 2 is 1.96 bits per heavy atom. The first-order chi connectivity index (χ1) is 10.8. The van der Waals surface area contributed by atoms with Crippen LogP contribution in [-0.4, -0.2) is 23.2 Å². The number of anilines is 1. The molecule has 0 saturated heterocycles. The van der Waals surface area contributed by atoms with Crippen LogP contribution in [0.4, 0.5) is 5.69 Å². The number of pyridine rings is 1. The van der Waals surface area contributed by atoms with Crippen molar-refractivity contribution in [1.29, 1.82) is 0 Å². The van der Waals surface area contributed by atoms with Crippen LogP contribution in [0.1, 0.15) is 11.3 Å². The molecular weight excluding hydrogens is 380 g/mol. The van der Waals surface area contributed by atoms with E-state index in [-0.39, 0.29) is 4.90 Å². The van der Waals surface area contributed by atoms with Crippen molar-refractivity contribution in [2.24, 2.45) is 7.05 Å². The standard InChI is InChI=1S/C15H15BrN4O2S/c1-9-4-5-14(13(16)6-9)23(21,22)19-11-7-12-10(2)18-20(3)15(12)17-8-11/h4-8,19H,1-3H3. The van der Waals surface area contributed by atoms with E-state index in [0.29, 0.717) is 15.8 Å². The van der Waals surface area contributed by atoms with Gasteiger partial charge in [0.1, 0.15) is 4.90 Å². The number of fused-ring (bicyclic) bond motifs is 1. The Bertz CT molecular complexity index is 1010. The highest BCUT2D eigenvalue weighted by Gasteiger charge is 2.18. The molecule has 120 valence electrons. The van der Waals surface area contributed by atoms with E-state index in [4.69, 9.17) is 0 Å². The van der Waals surface area contributed by atoms with Crippen molar-refractivity contribution in [2.75, 3.05) is 4.72 Å². The molecule has 0 saturated carbocycles. The maximum absolute atomic E-state index is 12.6. The minimum atomic E-state index is -3.70. The topological polar surface area (TPSA) is 76.9 Å². The van der Waals surface area contributed by atoms with E-state index in [2.05, 4.69) is 30.7 Å². The van der Waals surface area contributed by atoms with E-state index in [1.54, 1.807) is 36.0 Å². The number of hydrogen-bond acceptors (Lipinski definition) is 4. The highest BCUT2D eigenvalue weighted by atomic mass is 79.9. The molecule has 0 aliphatic rings. The van der Waals surface area contributed by atoms with Crippen LogP contribution in [-0.2, 0) is 17.1 Å². The molecule has 2 heterocycles. The minimum Gasteiger partial charge on any atom is -0.278 e. The number of halogens is 1. The lowest BCUT2D eigenvalue weighted by Crippen LogP contribution is -2.13. The third-order valence-electron chi connectivity index (χ3n) is 3.49. The quantitative estimate of drug-likeness (QED) is 0.739. The van der Waals surface area contributed by atoms with Crippen LogP contribution in [0.2, 0.25) is 0 Å². The van der Waals surface area contributed by atoms with E-state index in [1.165, 1.54) is 6.20 Å². The molecule has 0 aliphatic heterocycles. The maximum Gasteiger partial charge on any atom is 0.263 e. The first-order valence-corrected chi connectivity index (χ1v) is 9.14. The van der Waals surface area contributed by atoms with Crippen molar-refractivity contribution >= 4 is 42.7 Å². The minimum absolute atomic E-state index is 0.186. The number of aromatic nitrogens is 3. The molecule has 1 N–H and O–H groups in total. The summed E-state index contributed by atoms with van der Waals surface area (Å²) in [5.74, 6) is 0. The Morgan fingerprint density at radius 1 is 1.22 bits per heavy atom. The SMILES string of the molecule is Cc1ccc(S(=O)(=O)Nc2cnc3c(c2)c(C)nn3C)c(Br)c1. The van der Waals surface area contributed by atoms with E-state index < -0.39 is 10.0 Å². The first-order valence-electron chi connectivity index (χ1n) is 6.86. The second-order valence-electron chi connectivity index (χ2n) is 5.34. The van der Waals surface area contributed by atoms with Crippen LogP contribution in [0.3, 0.4) is 0 Å². The van der Waals surface area contributed by atoms with Gasteiger partial charge in [0.05, 0.1) is 17.6 Å². The predicted octanol–water partition coefficient (Wildman–Crippen LogP) is 3.15. The summed E-state index contributed by atoms with van der Waals surface area (Å²) in [5.41, 5.74) is 2.89. The molecule has 0 radical (unpaired) electrons. The van der Waals surface area contributed by atoms with Crippen LogP contribution < -0.4 is 4.72 Å². The molecule has 0 fully saturated rings. The fraction of sp³-hybridized carbons (Fsp3) is 0.200. The Hall–Kier alpha value is -1.93. The van der Waals surface area contributed by atoms with Crippen molar-refractivity contribution in [2.45, 2.75) is 18.7 Å². The van der Waals surface area contributed by atoms with Crippen LogP contribution >= 0.6 is 15.9 Å². The summed E-state index contributed by atoms with van der Waals surface area (Å²) in [6.07, 6.45) is 1.49. The second-order valence-corrected chi connectivity index (χ2v) is 7.85. The predicted molar refractivity (Wildman–Crippen MR) is 92.9 cm³/mol. The average molecular weight is 395 g/mol.